The number of hydrogen-bond donors (Lipinski definition) is 0. The van der Waals surface area contributed by atoms with Crippen LogP contribution in [-0.2, 0) is 37.1 Å². The zero-order valence-electron chi connectivity index (χ0n) is 29.0. The molecule has 2 fully saturated rings. The van der Waals surface area contributed by atoms with Crippen LogP contribution < -0.4 is 0 Å². The number of esters is 1. The van der Waals surface area contributed by atoms with E-state index in [0.29, 0.717) is 16.0 Å². The molecule has 278 valence electrons. The molecule has 3 aromatic rings. The van der Waals surface area contributed by atoms with Gasteiger partial charge in [0, 0.05) is 61.0 Å². The molecule has 0 bridgehead atoms. The lowest BCUT2D eigenvalue weighted by molar-refractivity contribution is -0.385. The lowest BCUT2D eigenvalue weighted by atomic mass is 9.78. The molecule has 53 heavy (non-hydrogen) atoms. The zero-order valence-corrected chi connectivity index (χ0v) is 29.8. The summed E-state index contributed by atoms with van der Waals surface area (Å²) in [6, 6.07) is 9.36. The lowest BCUT2D eigenvalue weighted by Crippen LogP contribution is -2.62. The quantitative estimate of drug-likeness (QED) is 0.112. The summed E-state index contributed by atoms with van der Waals surface area (Å²) in [5.41, 5.74) is 0.865. The SMILES string of the molecule is CC1C(S[C@H]2C[C@@H](C(=O)N(C)C)N(C(=O)OCc3ccc([N+](=O)[O-])cc3)C2)=C(C(=O)OCc2ccc([N+](=O)[O-])cc2)N2C(=O)C([C@@H](C)n3cnnn3)C12. The van der Waals surface area contributed by atoms with Gasteiger partial charge in [-0.15, -0.1) is 16.9 Å². The van der Waals surface area contributed by atoms with E-state index in [0.717, 1.165) is 0 Å². The van der Waals surface area contributed by atoms with Gasteiger partial charge in [0.15, 0.2) is 0 Å². The first-order chi connectivity index (χ1) is 25.3. The van der Waals surface area contributed by atoms with Crippen molar-refractivity contribution in [2.24, 2.45) is 11.8 Å². The van der Waals surface area contributed by atoms with Crippen LogP contribution in [0.25, 0.3) is 0 Å². The third-order valence-corrected chi connectivity index (χ3v) is 11.1. The van der Waals surface area contributed by atoms with Crippen LogP contribution in [0.4, 0.5) is 16.2 Å². The standard InChI is InChI=1S/C33H35N9O10S/c1-18-27-26(19(2)39-17-34-35-36-39)31(44)40(27)28(32(45)51-15-20-5-9-22(10-6-20)41(47)48)29(18)53-24-13-25(30(43)37(3)4)38(14-24)33(46)52-16-21-7-11-23(12-8-21)42(49)50/h5-12,17-19,24-27H,13-16H2,1-4H3/t18?,19-,24+,25+,26?,27?/m1/s1. The summed E-state index contributed by atoms with van der Waals surface area (Å²) >= 11 is 1.30. The average Bonchev–Trinajstić information content (AvgIpc) is 3.88. The molecular formula is C33H35N9O10S. The van der Waals surface area contributed by atoms with Crippen LogP contribution in [0.1, 0.15) is 37.4 Å². The van der Waals surface area contributed by atoms with Crippen molar-refractivity contribution in [1.29, 1.82) is 0 Å². The number of nitrogens with zero attached hydrogens (tertiary/aromatic N) is 9. The van der Waals surface area contributed by atoms with E-state index in [1.54, 1.807) is 14.1 Å². The highest BCUT2D eigenvalue weighted by atomic mass is 32.2. The fourth-order valence-electron chi connectivity index (χ4n) is 6.86. The molecule has 19 nitrogen and oxygen atoms in total. The van der Waals surface area contributed by atoms with Crippen molar-refractivity contribution in [2.75, 3.05) is 20.6 Å². The average molecular weight is 750 g/mol. The Balaban J connectivity index is 1.23. The number of amides is 3. The fraction of sp³-hybridized carbons (Fsp3) is 0.424. The molecule has 1 aromatic heterocycles. The number of tetrazole rings is 1. The minimum atomic E-state index is -0.882. The van der Waals surface area contributed by atoms with Crippen molar-refractivity contribution in [3.8, 4) is 0 Å². The predicted molar refractivity (Wildman–Crippen MR) is 184 cm³/mol. The molecule has 0 spiro atoms. The molecule has 2 aromatic carbocycles. The molecule has 6 atom stereocenters. The normalized spacial score (nSPS) is 22.6. The first-order valence-corrected chi connectivity index (χ1v) is 17.4. The fourth-order valence-corrected chi connectivity index (χ4v) is 8.38. The Bertz CT molecular complexity index is 1960. The van der Waals surface area contributed by atoms with E-state index >= 15 is 0 Å². The Morgan fingerprint density at radius 3 is 2.09 bits per heavy atom. The number of thioether (sulfide) groups is 1. The van der Waals surface area contributed by atoms with Crippen LogP contribution in [-0.4, -0.2) is 107 Å². The van der Waals surface area contributed by atoms with Crippen molar-refractivity contribution >= 4 is 47.0 Å². The summed E-state index contributed by atoms with van der Waals surface area (Å²) in [6.07, 6.45) is 0.883. The molecule has 20 heteroatoms. The van der Waals surface area contributed by atoms with Crippen molar-refractivity contribution < 1.29 is 38.5 Å². The molecule has 4 heterocycles. The summed E-state index contributed by atoms with van der Waals surface area (Å²) in [4.78, 5) is 80.1. The largest absolute Gasteiger partial charge is 0.456 e. The number of benzene rings is 2. The second-order valence-corrected chi connectivity index (χ2v) is 14.5. The number of ether oxygens (including phenoxy) is 2. The Morgan fingerprint density at radius 1 is 0.981 bits per heavy atom. The smallest absolute Gasteiger partial charge is 0.410 e. The van der Waals surface area contributed by atoms with Gasteiger partial charge in [0.05, 0.1) is 27.8 Å². The third kappa shape index (κ3) is 7.26. The molecule has 3 amide bonds. The van der Waals surface area contributed by atoms with Gasteiger partial charge in [-0.25, -0.2) is 14.3 Å². The number of carbonyl (C=O) groups excluding carboxylic acids is 4. The van der Waals surface area contributed by atoms with Gasteiger partial charge in [0.1, 0.15) is 31.3 Å². The van der Waals surface area contributed by atoms with Gasteiger partial charge in [-0.2, -0.15) is 0 Å². The van der Waals surface area contributed by atoms with Gasteiger partial charge >= 0.3 is 12.1 Å². The Hall–Kier alpha value is -5.92. The maximum atomic E-state index is 13.9. The first kappa shape index (κ1) is 36.9. The van der Waals surface area contributed by atoms with Gasteiger partial charge < -0.3 is 19.3 Å². The van der Waals surface area contributed by atoms with Crippen molar-refractivity contribution in [1.82, 2.24) is 34.9 Å². The Morgan fingerprint density at radius 2 is 1.57 bits per heavy atom. The summed E-state index contributed by atoms with van der Waals surface area (Å²) in [5.74, 6) is -2.33. The second kappa shape index (κ2) is 15.0. The maximum Gasteiger partial charge on any atom is 0.410 e. The second-order valence-electron chi connectivity index (χ2n) is 13.1. The van der Waals surface area contributed by atoms with E-state index in [-0.39, 0.29) is 61.0 Å². The molecule has 6 rings (SSSR count). The number of aromatic nitrogens is 4. The summed E-state index contributed by atoms with van der Waals surface area (Å²) < 4.78 is 12.7. The van der Waals surface area contributed by atoms with E-state index in [1.807, 2.05) is 13.8 Å². The predicted octanol–water partition coefficient (Wildman–Crippen LogP) is 3.08. The van der Waals surface area contributed by atoms with Crippen molar-refractivity contribution in [2.45, 2.75) is 56.9 Å². The van der Waals surface area contributed by atoms with Crippen LogP contribution >= 0.6 is 11.8 Å². The molecular weight excluding hydrogens is 714 g/mol. The van der Waals surface area contributed by atoms with Gasteiger partial charge in [-0.3, -0.25) is 34.7 Å². The van der Waals surface area contributed by atoms with Crippen molar-refractivity contribution in [3.05, 3.63) is 96.8 Å². The third-order valence-electron chi connectivity index (χ3n) is 9.63. The minimum absolute atomic E-state index is 0.0641. The van der Waals surface area contributed by atoms with Crippen LogP contribution in [0.3, 0.4) is 0 Å². The molecule has 0 N–H and O–H groups in total. The topological polar surface area (TPSA) is 226 Å². The van der Waals surface area contributed by atoms with E-state index in [2.05, 4.69) is 15.5 Å². The Labute approximate surface area is 306 Å². The number of fused-ring (bicyclic) bond motifs is 1. The highest BCUT2D eigenvalue weighted by molar-refractivity contribution is 8.03. The summed E-state index contributed by atoms with van der Waals surface area (Å²) in [5, 5.41) is 33.0. The number of likely N-dealkylation sites (N-methyl/N-ethyl adjacent to an activating group) is 1. The van der Waals surface area contributed by atoms with Gasteiger partial charge in [-0.1, -0.05) is 6.92 Å². The van der Waals surface area contributed by atoms with E-state index in [1.165, 1.54) is 86.0 Å². The minimum Gasteiger partial charge on any atom is -0.456 e. The highest BCUT2D eigenvalue weighted by Gasteiger charge is 2.61. The molecule has 0 aliphatic carbocycles. The Kier molecular flexibility index (Phi) is 10.4. The molecule has 3 unspecified atom stereocenters. The lowest BCUT2D eigenvalue weighted by Gasteiger charge is -2.47. The number of nitro groups is 2. The summed E-state index contributed by atoms with van der Waals surface area (Å²) in [7, 11) is 3.15. The molecule has 3 aliphatic rings. The first-order valence-electron chi connectivity index (χ1n) is 16.5. The van der Waals surface area contributed by atoms with Crippen LogP contribution in [0.2, 0.25) is 0 Å². The van der Waals surface area contributed by atoms with E-state index < -0.39 is 51.2 Å². The molecule has 0 radical (unpaired) electrons. The monoisotopic (exact) mass is 749 g/mol. The van der Waals surface area contributed by atoms with Gasteiger partial charge in [0.2, 0.25) is 11.8 Å². The molecule has 3 aliphatic heterocycles. The molecule has 0 saturated carbocycles. The number of likely N-dealkylation sites (tertiary alicyclic amines) is 1. The summed E-state index contributed by atoms with van der Waals surface area (Å²) in [6.45, 7) is 3.41. The maximum absolute atomic E-state index is 13.9. The van der Waals surface area contributed by atoms with E-state index in [9.17, 15) is 39.4 Å². The van der Waals surface area contributed by atoms with Crippen LogP contribution in [0, 0.1) is 32.1 Å². The van der Waals surface area contributed by atoms with Gasteiger partial charge in [0.25, 0.3) is 11.4 Å². The number of non-ortho nitro benzene ring substituents is 2. The van der Waals surface area contributed by atoms with Crippen LogP contribution in [0.5, 0.6) is 0 Å². The number of nitro benzene ring substituents is 2. The molecule has 2 saturated heterocycles. The van der Waals surface area contributed by atoms with Crippen LogP contribution in [0.15, 0.2) is 65.5 Å². The number of β-lactam (4-membered cyclic amide) rings is 1. The number of carbonyl (C=O) groups is 4. The highest BCUT2D eigenvalue weighted by Crippen LogP contribution is 2.54. The zero-order chi connectivity index (χ0) is 38.1. The number of rotatable bonds is 12. The van der Waals surface area contributed by atoms with Crippen molar-refractivity contribution in [3.63, 3.8) is 0 Å². The number of hydrogen-bond acceptors (Lipinski definition) is 14. The van der Waals surface area contributed by atoms with E-state index in [4.69, 9.17) is 9.47 Å². The van der Waals surface area contributed by atoms with Gasteiger partial charge in [-0.05, 0) is 59.2 Å².